The van der Waals surface area contributed by atoms with E-state index in [-0.39, 0.29) is 87.0 Å². The SMILES string of the molecule is CCC(/C=C1\Oc2cc(C)c(C)cc2N1CCS(=O)(=O)[O-])=C\c1sc2ccc3ccccc3c2[n+]1CCCS(=O)(=O)[O-].CCN(CC)CC.O=S(=O)(O)CCCN1C(=Cc2sc3ccc(Cl)cc3[n+]2CCCS(=O)(=O)O)Oc2ccc(-c3ccccc3)cc21.O=S(=O)([O-])CCC[n+]1c(C=C2Oc3ccc(Br)cc3N2CCCS(=O)(=O)O)sc2ccc3ccccc3c21.[Na+]. The third kappa shape index (κ3) is 27.2. The van der Waals surface area contributed by atoms with Gasteiger partial charge in [0.15, 0.2) is 36.9 Å². The van der Waals surface area contributed by atoms with E-state index >= 15 is 0 Å². The number of anilines is 3. The van der Waals surface area contributed by atoms with Crippen LogP contribution in [0.3, 0.4) is 0 Å². The summed E-state index contributed by atoms with van der Waals surface area (Å²) in [6.45, 7) is 17.5. The summed E-state index contributed by atoms with van der Waals surface area (Å²) in [7, 11) is -25.6. The molecule has 0 spiro atoms. The van der Waals surface area contributed by atoms with Crippen LogP contribution in [0.1, 0.15) is 92.4 Å². The van der Waals surface area contributed by atoms with Crippen molar-refractivity contribution in [3.05, 3.63) is 235 Å². The molecule has 676 valence electrons. The van der Waals surface area contributed by atoms with Crippen LogP contribution in [0.2, 0.25) is 5.02 Å². The van der Waals surface area contributed by atoms with Crippen LogP contribution in [0.15, 0.2) is 204 Å². The minimum Gasteiger partial charge on any atom is -0.748 e. The number of nitrogens with zero attached hydrogens (tertiary/aromatic N) is 7. The normalized spacial score (nSPS) is 14.5. The second kappa shape index (κ2) is 43.7. The fourth-order valence-corrected chi connectivity index (χ4v) is 21.6. The van der Waals surface area contributed by atoms with Crippen LogP contribution >= 0.6 is 61.5 Å². The molecule has 9 aromatic carbocycles. The number of benzene rings is 9. The van der Waals surface area contributed by atoms with Crippen LogP contribution in [-0.2, 0) is 80.3 Å². The van der Waals surface area contributed by atoms with Crippen LogP contribution in [0.4, 0.5) is 17.1 Å². The molecule has 6 heterocycles. The predicted octanol–water partition coefficient (Wildman–Crippen LogP) is 13.1. The Bertz CT molecular complexity index is 6970. The monoisotopic (exact) mass is 2010 g/mol. The number of fused-ring (bicyclic) bond motifs is 10. The Morgan fingerprint density at radius 1 is 0.453 bits per heavy atom. The minimum absolute atomic E-state index is 0. The Kier molecular flexibility index (Phi) is 34.3. The van der Waals surface area contributed by atoms with E-state index in [0.29, 0.717) is 71.7 Å². The molecule has 40 heteroatoms. The number of aromatic nitrogens is 3. The Hall–Kier alpha value is -7.88. The summed E-state index contributed by atoms with van der Waals surface area (Å²) in [4.78, 5) is 7.80. The van der Waals surface area contributed by atoms with Gasteiger partial charge in [0.05, 0.1) is 93.4 Å². The van der Waals surface area contributed by atoms with Gasteiger partial charge in [0.2, 0.25) is 34.2 Å². The Morgan fingerprint density at radius 2 is 0.891 bits per heavy atom. The van der Waals surface area contributed by atoms with E-state index in [2.05, 4.69) is 46.2 Å². The smallest absolute Gasteiger partial charge is 0.748 e. The van der Waals surface area contributed by atoms with Gasteiger partial charge in [0.1, 0.15) is 14.1 Å². The quantitative estimate of drug-likeness (QED) is 0.0200. The molecule has 0 unspecified atom stereocenters. The van der Waals surface area contributed by atoms with Gasteiger partial charge in [-0.25, -0.2) is 25.3 Å². The molecule has 15 rings (SSSR count). The average Bonchev–Trinajstić information content (AvgIpc) is 1.61. The summed E-state index contributed by atoms with van der Waals surface area (Å²) >= 11 is 14.2. The molecule has 0 saturated heterocycles. The summed E-state index contributed by atoms with van der Waals surface area (Å²) in [5, 5.41) is 7.03. The van der Waals surface area contributed by atoms with E-state index in [4.69, 9.17) is 25.8 Å². The molecule has 3 aromatic heterocycles. The van der Waals surface area contributed by atoms with Crippen LogP contribution in [0.5, 0.6) is 17.2 Å². The fraction of sp³-hybridized carbons (Fsp3) is 0.307. The number of aryl methyl sites for hydroxylation is 5. The molecule has 3 aliphatic heterocycles. The largest absolute Gasteiger partial charge is 1.00 e. The van der Waals surface area contributed by atoms with Crippen LogP contribution in [0, 0.1) is 13.8 Å². The van der Waals surface area contributed by atoms with Gasteiger partial charge in [0.25, 0.3) is 45.4 Å². The Balaban J connectivity index is 0.000000178. The van der Waals surface area contributed by atoms with E-state index in [1.807, 2.05) is 222 Å². The summed E-state index contributed by atoms with van der Waals surface area (Å²) in [6.07, 6.45) is 8.94. The number of allylic oxidation sites excluding steroid dienone is 2. The van der Waals surface area contributed by atoms with Crippen molar-refractivity contribution >= 4 is 210 Å². The average molecular weight is 2010 g/mol. The first-order chi connectivity index (χ1) is 60.1. The molecular weight excluding hydrogens is 1920 g/mol. The van der Waals surface area contributed by atoms with Crippen molar-refractivity contribution in [3.8, 4) is 28.4 Å². The van der Waals surface area contributed by atoms with Gasteiger partial charge >= 0.3 is 29.6 Å². The molecule has 28 nitrogen and oxygen atoms in total. The number of hydrogen-bond donors (Lipinski definition) is 3. The van der Waals surface area contributed by atoms with Gasteiger partial charge in [-0.1, -0.05) is 174 Å². The molecule has 0 atom stereocenters. The number of ether oxygens (including phenoxy) is 3. The Labute approximate surface area is 793 Å². The number of rotatable bonds is 32. The first kappa shape index (κ1) is 101. The van der Waals surface area contributed by atoms with Gasteiger partial charge in [-0.15, -0.1) is 0 Å². The molecule has 0 fully saturated rings. The van der Waals surface area contributed by atoms with E-state index in [0.717, 1.165) is 111 Å². The number of halogens is 2. The van der Waals surface area contributed by atoms with Gasteiger partial charge in [-0.3, -0.25) is 13.7 Å². The van der Waals surface area contributed by atoms with Crippen LogP contribution in [-0.4, -0.2) is 157 Å². The first-order valence-electron chi connectivity index (χ1n) is 40.6. The van der Waals surface area contributed by atoms with Gasteiger partial charge in [0, 0.05) is 78.1 Å². The summed E-state index contributed by atoms with van der Waals surface area (Å²) in [5.41, 5.74) is 9.79. The first-order valence-corrected chi connectivity index (χ1v) is 53.8. The molecule has 0 aliphatic carbocycles. The standard InChI is InChI=1S/C30H32N2O7S3.C27H25ClN2O7S3.C25H23BrN2O7S3.C6H15N.Na/c1-4-22(18-28-31(13-15-42(36,37)38)25-16-20(2)21(3)17-26(25)39-28)19-29-32(12-7-14-41(33,34)35)30-24-9-6-5-8-23(24)10-11-27(30)40-29;28-21-9-11-25-23(17-21)30(13-5-15-40(34,35)36)27(38-25)18-26-29(12-4-14-39(31,32)33)22-16-20(8-10-24(22)37-26)19-6-2-1-3-7-19;26-18-8-9-21-20(15-18)27(11-3-13-37(29,30)31)23(35-21)16-24-28(12-4-14-38(32,33)34)25-19-6-2-1-5-17(19)7-10-22(25)36-24;1-4-7(5-2)6-3;/h5-6,8-11,16-19H,4,7,12-15H2,1-3H3,(H-,33,34,35,36,37,38);1-3,6-11,16-18H,4-5,12-15H2,(H-,31,32,33,34,35,36);1-2,5-10,15-16H,3-4,11-14H2,(H-,29,30,31,32,33,34);4-6H2,1-3H3;/q;;;;+1. The van der Waals surface area contributed by atoms with E-state index < -0.39 is 89.5 Å². The molecule has 3 N–H and O–H groups in total. The van der Waals surface area contributed by atoms with Crippen molar-refractivity contribution in [1.82, 2.24) is 4.90 Å². The summed E-state index contributed by atoms with van der Waals surface area (Å²) in [5.74, 6) is 0.437. The zero-order valence-corrected chi connectivity index (χ0v) is 82.8. The minimum atomic E-state index is -4.45. The van der Waals surface area contributed by atoms with Gasteiger partial charge < -0.3 is 47.5 Å². The van der Waals surface area contributed by atoms with E-state index in [9.17, 15) is 77.8 Å². The maximum Gasteiger partial charge on any atom is 1.00 e. The summed E-state index contributed by atoms with van der Waals surface area (Å²) in [6, 6.07) is 54.4. The molecule has 3 aliphatic rings. The molecule has 0 bridgehead atoms. The topological polar surface area (TPSA) is 387 Å². The third-order valence-electron chi connectivity index (χ3n) is 21.1. The van der Waals surface area contributed by atoms with Crippen molar-refractivity contribution in [2.75, 3.05) is 88.5 Å². The maximum atomic E-state index is 11.5. The third-order valence-corrected chi connectivity index (χ3v) is 29.8. The number of thiazole rings is 3. The molecule has 0 radical (unpaired) electrons. The summed E-state index contributed by atoms with van der Waals surface area (Å²) < 4.78 is 227. The fourth-order valence-electron chi connectivity index (χ4n) is 14.8. The van der Waals surface area contributed by atoms with Crippen molar-refractivity contribution in [2.24, 2.45) is 0 Å². The zero-order valence-electron chi connectivity index (χ0n) is 71.1. The second-order valence-electron chi connectivity index (χ2n) is 30.0. The maximum absolute atomic E-state index is 11.5. The molecular formula is C88H95BrClN7NaO21S9+. The molecule has 128 heavy (non-hydrogen) atoms. The van der Waals surface area contributed by atoms with Crippen molar-refractivity contribution in [2.45, 2.75) is 99.7 Å². The predicted molar refractivity (Wildman–Crippen MR) is 504 cm³/mol. The van der Waals surface area contributed by atoms with E-state index in [1.165, 1.54) is 42.3 Å². The van der Waals surface area contributed by atoms with Crippen molar-refractivity contribution < 1.29 is 135 Å². The Morgan fingerprint density at radius 3 is 1.41 bits per heavy atom. The van der Waals surface area contributed by atoms with Gasteiger partial charge in [-0.2, -0.15) is 39.0 Å². The van der Waals surface area contributed by atoms with Crippen molar-refractivity contribution in [1.29, 1.82) is 0 Å². The van der Waals surface area contributed by atoms with Crippen LogP contribution < -0.4 is 72.2 Å². The molecule has 0 amide bonds. The van der Waals surface area contributed by atoms with Crippen molar-refractivity contribution in [3.63, 3.8) is 0 Å². The van der Waals surface area contributed by atoms with Gasteiger partial charge in [-0.05, 0) is 170 Å². The second-order valence-corrected chi connectivity index (χ2v) is 43.9. The zero-order chi connectivity index (χ0) is 91.5. The molecule has 0 saturated carbocycles. The number of hydrogen-bond acceptors (Lipinski definition) is 25. The van der Waals surface area contributed by atoms with Crippen LogP contribution in [0.25, 0.3) is 81.5 Å². The van der Waals surface area contributed by atoms with E-state index in [1.54, 1.807) is 28.4 Å². The molecule has 12 aromatic rings.